The molecule has 1 fully saturated rings. The fourth-order valence-electron chi connectivity index (χ4n) is 6.95. The molecule has 3 aromatic carbocycles. The third-order valence-electron chi connectivity index (χ3n) is 8.52. The van der Waals surface area contributed by atoms with Gasteiger partial charge in [0.2, 0.25) is 0 Å². The van der Waals surface area contributed by atoms with E-state index < -0.39 is 20.0 Å². The van der Waals surface area contributed by atoms with Crippen molar-refractivity contribution in [2.24, 2.45) is 5.92 Å². The SMILES string of the molecule is C[C@@H]1[C@@H]([Si](C)(C)O)[C@H](CCO)O[C@@]12C(=O)N(Cc1cccc(N3C(=O)COc4ccccc43)c1)c1ccccc12. The van der Waals surface area contributed by atoms with Crippen LogP contribution in [0.15, 0.2) is 72.8 Å². The van der Waals surface area contributed by atoms with Gasteiger partial charge in [0, 0.05) is 29.3 Å². The lowest BCUT2D eigenvalue weighted by Gasteiger charge is -2.32. The summed E-state index contributed by atoms with van der Waals surface area (Å²) in [5, 5.41) is 9.77. The van der Waals surface area contributed by atoms with Crippen molar-refractivity contribution in [2.45, 2.75) is 50.2 Å². The van der Waals surface area contributed by atoms with Gasteiger partial charge >= 0.3 is 0 Å². The second-order valence-electron chi connectivity index (χ2n) is 11.4. The lowest BCUT2D eigenvalue weighted by Crippen LogP contribution is -2.46. The van der Waals surface area contributed by atoms with Crippen LogP contribution in [-0.2, 0) is 26.5 Å². The van der Waals surface area contributed by atoms with Crippen molar-refractivity contribution in [3.63, 3.8) is 0 Å². The molecule has 0 aliphatic carbocycles. The summed E-state index contributed by atoms with van der Waals surface area (Å²) >= 11 is 0. The average molecular weight is 559 g/mol. The highest BCUT2D eigenvalue weighted by molar-refractivity contribution is 6.71. The van der Waals surface area contributed by atoms with Gasteiger partial charge in [-0.15, -0.1) is 0 Å². The number of carbonyl (C=O) groups is 2. The van der Waals surface area contributed by atoms with E-state index in [0.29, 0.717) is 23.5 Å². The lowest BCUT2D eigenvalue weighted by molar-refractivity contribution is -0.146. The normalized spacial score (nSPS) is 25.8. The molecule has 0 radical (unpaired) electrons. The number of nitrogens with zero attached hydrogens (tertiary/aromatic N) is 2. The minimum absolute atomic E-state index is 0.0440. The summed E-state index contributed by atoms with van der Waals surface area (Å²) in [6.45, 7) is 5.91. The Balaban J connectivity index is 1.37. The van der Waals surface area contributed by atoms with Crippen molar-refractivity contribution in [3.05, 3.63) is 83.9 Å². The van der Waals surface area contributed by atoms with E-state index in [9.17, 15) is 19.5 Å². The maximum Gasteiger partial charge on any atom is 0.269 e. The molecule has 1 spiro atoms. The van der Waals surface area contributed by atoms with Crippen molar-refractivity contribution in [3.8, 4) is 5.75 Å². The Morgan fingerprint density at radius 1 is 1.00 bits per heavy atom. The number of ether oxygens (including phenoxy) is 2. The third kappa shape index (κ3) is 4.07. The molecule has 3 aliphatic heterocycles. The molecule has 0 saturated carbocycles. The predicted octanol–water partition coefficient (Wildman–Crippen LogP) is 4.47. The van der Waals surface area contributed by atoms with Crippen LogP contribution in [-0.4, -0.2) is 49.4 Å². The zero-order valence-corrected chi connectivity index (χ0v) is 23.9. The quantitative estimate of drug-likeness (QED) is 0.433. The molecule has 9 heteroatoms. The van der Waals surface area contributed by atoms with Crippen molar-refractivity contribution in [1.29, 1.82) is 0 Å². The van der Waals surface area contributed by atoms with Gasteiger partial charge in [-0.1, -0.05) is 49.4 Å². The zero-order valence-electron chi connectivity index (χ0n) is 22.9. The molecular formula is C31H34N2O6Si. The van der Waals surface area contributed by atoms with Crippen LogP contribution < -0.4 is 14.5 Å². The minimum Gasteiger partial charge on any atom is -0.482 e. The number of para-hydroxylation sites is 3. The van der Waals surface area contributed by atoms with Crippen molar-refractivity contribution in [2.75, 3.05) is 23.0 Å². The smallest absolute Gasteiger partial charge is 0.269 e. The second kappa shape index (κ2) is 9.85. The maximum atomic E-state index is 14.4. The molecule has 0 aromatic heterocycles. The van der Waals surface area contributed by atoms with Crippen molar-refractivity contribution < 1.29 is 29.0 Å². The molecule has 2 amide bonds. The van der Waals surface area contributed by atoms with E-state index in [0.717, 1.165) is 16.8 Å². The number of fused-ring (bicyclic) bond motifs is 3. The van der Waals surface area contributed by atoms with Crippen LogP contribution in [0, 0.1) is 5.92 Å². The molecular weight excluding hydrogens is 524 g/mol. The first-order valence-electron chi connectivity index (χ1n) is 13.7. The first kappa shape index (κ1) is 26.7. The van der Waals surface area contributed by atoms with Crippen LogP contribution in [0.3, 0.4) is 0 Å². The Labute approximate surface area is 234 Å². The number of carbonyl (C=O) groups excluding carboxylic acids is 2. The van der Waals surface area contributed by atoms with E-state index >= 15 is 0 Å². The van der Waals surface area contributed by atoms with Gasteiger partial charge in [-0.3, -0.25) is 14.5 Å². The molecule has 3 heterocycles. The number of aliphatic hydroxyl groups is 1. The monoisotopic (exact) mass is 558 g/mol. The highest BCUT2D eigenvalue weighted by Gasteiger charge is 2.66. The Morgan fingerprint density at radius 3 is 2.48 bits per heavy atom. The minimum atomic E-state index is -2.74. The Bertz CT molecular complexity index is 1470. The van der Waals surface area contributed by atoms with E-state index in [4.69, 9.17) is 9.47 Å². The molecule has 40 heavy (non-hydrogen) atoms. The number of amides is 2. The molecule has 208 valence electrons. The van der Waals surface area contributed by atoms with Crippen LogP contribution in [0.1, 0.15) is 24.5 Å². The number of anilines is 3. The fraction of sp³-hybridized carbons (Fsp3) is 0.355. The maximum absolute atomic E-state index is 14.4. The van der Waals surface area contributed by atoms with Crippen LogP contribution in [0.2, 0.25) is 18.6 Å². The third-order valence-corrected chi connectivity index (χ3v) is 11.0. The fourth-order valence-corrected chi connectivity index (χ4v) is 9.55. The van der Waals surface area contributed by atoms with E-state index in [1.165, 1.54) is 0 Å². The number of benzene rings is 3. The van der Waals surface area contributed by atoms with Gasteiger partial charge in [0.05, 0.1) is 24.0 Å². The summed E-state index contributed by atoms with van der Waals surface area (Å²) in [5.74, 6) is 0.0430. The Hall–Kier alpha value is -3.50. The topological polar surface area (TPSA) is 99.5 Å². The summed E-state index contributed by atoms with van der Waals surface area (Å²) in [6, 6.07) is 22.8. The lowest BCUT2D eigenvalue weighted by atomic mass is 9.82. The molecule has 3 aliphatic rings. The summed E-state index contributed by atoms with van der Waals surface area (Å²) in [4.78, 5) is 42.0. The summed E-state index contributed by atoms with van der Waals surface area (Å²) in [6.07, 6.45) is -0.0559. The van der Waals surface area contributed by atoms with E-state index in [-0.39, 0.29) is 43.0 Å². The molecule has 2 N–H and O–H groups in total. The Kier molecular flexibility index (Phi) is 6.57. The van der Waals surface area contributed by atoms with Crippen molar-refractivity contribution in [1.82, 2.24) is 0 Å². The van der Waals surface area contributed by atoms with E-state index in [1.807, 2.05) is 92.8 Å². The first-order chi connectivity index (χ1) is 19.2. The summed E-state index contributed by atoms with van der Waals surface area (Å²) in [5.41, 5.74) is 2.37. The number of hydrogen-bond acceptors (Lipinski definition) is 6. The highest BCUT2D eigenvalue weighted by Crippen LogP contribution is 2.59. The van der Waals surface area contributed by atoms with Gasteiger partial charge in [-0.05, 0) is 55.4 Å². The van der Waals surface area contributed by atoms with Gasteiger partial charge in [-0.25, -0.2) is 0 Å². The van der Waals surface area contributed by atoms with Gasteiger partial charge in [-0.2, -0.15) is 0 Å². The van der Waals surface area contributed by atoms with Crippen LogP contribution >= 0.6 is 0 Å². The molecule has 0 bridgehead atoms. The van der Waals surface area contributed by atoms with Gasteiger partial charge < -0.3 is 24.3 Å². The Morgan fingerprint density at radius 2 is 1.73 bits per heavy atom. The van der Waals surface area contributed by atoms with Gasteiger partial charge in [0.25, 0.3) is 11.8 Å². The molecule has 1 saturated heterocycles. The molecule has 0 unspecified atom stereocenters. The second-order valence-corrected chi connectivity index (χ2v) is 15.4. The zero-order chi connectivity index (χ0) is 28.2. The number of aliphatic hydroxyl groups excluding tert-OH is 1. The van der Waals surface area contributed by atoms with E-state index in [2.05, 4.69) is 0 Å². The summed E-state index contributed by atoms with van der Waals surface area (Å²) in [7, 11) is -2.74. The molecule has 3 aromatic rings. The molecule has 8 nitrogen and oxygen atoms in total. The number of hydrogen-bond donors (Lipinski definition) is 2. The summed E-state index contributed by atoms with van der Waals surface area (Å²) < 4.78 is 12.2. The molecule has 4 atom stereocenters. The van der Waals surface area contributed by atoms with Crippen LogP contribution in [0.5, 0.6) is 5.75 Å². The van der Waals surface area contributed by atoms with E-state index in [1.54, 1.807) is 9.80 Å². The first-order valence-corrected chi connectivity index (χ1v) is 16.8. The van der Waals surface area contributed by atoms with Crippen LogP contribution in [0.4, 0.5) is 17.1 Å². The predicted molar refractivity (Wildman–Crippen MR) is 154 cm³/mol. The highest BCUT2D eigenvalue weighted by atomic mass is 28.4. The van der Waals surface area contributed by atoms with Gasteiger partial charge in [0.15, 0.2) is 20.5 Å². The standard InChI is InChI=1S/C31H34N2O6Si/c1-20-29(40(2,3)37)27(15-16-34)39-31(20)23-11-4-5-12-24(23)32(30(31)36)18-21-9-8-10-22(17-21)33-25-13-6-7-14-26(25)38-19-28(33)35/h4-14,17,20,27,29,34,37H,15-16,18-19H2,1-3H3/t20-,27+,29-,31+/m1/s1. The van der Waals surface area contributed by atoms with Crippen LogP contribution in [0.25, 0.3) is 0 Å². The number of rotatable bonds is 6. The molecule has 6 rings (SSSR count). The van der Waals surface area contributed by atoms with Gasteiger partial charge in [0.1, 0.15) is 5.75 Å². The largest absolute Gasteiger partial charge is 0.482 e. The van der Waals surface area contributed by atoms with Crippen molar-refractivity contribution >= 4 is 37.2 Å². The average Bonchev–Trinajstić information content (AvgIpc) is 3.36.